The average Bonchev–Trinajstić information content (AvgIpc) is 2.56. The summed E-state index contributed by atoms with van der Waals surface area (Å²) in [6.07, 6.45) is 1.79. The van der Waals surface area contributed by atoms with Crippen molar-refractivity contribution in [2.75, 3.05) is 0 Å². The van der Waals surface area contributed by atoms with Crippen molar-refractivity contribution in [3.05, 3.63) is 81.0 Å². The van der Waals surface area contributed by atoms with Gasteiger partial charge in [0.2, 0.25) is 5.88 Å². The quantitative estimate of drug-likeness (QED) is 0.416. The van der Waals surface area contributed by atoms with Crippen LogP contribution in [0.3, 0.4) is 0 Å². The second-order valence-electron chi connectivity index (χ2n) is 4.75. The summed E-state index contributed by atoms with van der Waals surface area (Å²) in [5.74, 6) is 0.462. The summed E-state index contributed by atoms with van der Waals surface area (Å²) < 4.78 is 6.92. The molecule has 0 unspecified atom stereocenters. The van der Waals surface area contributed by atoms with Crippen LogP contribution < -0.4 is 34.3 Å². The van der Waals surface area contributed by atoms with Gasteiger partial charge in [-0.1, -0.05) is 59.8 Å². The molecule has 24 heavy (non-hydrogen) atoms. The zero-order chi connectivity index (χ0) is 16.1. The Morgan fingerprint density at radius 1 is 1.04 bits per heavy atom. The van der Waals surface area contributed by atoms with E-state index in [1.165, 1.54) is 0 Å². The third-order valence-corrected chi connectivity index (χ3v) is 5.37. The molecule has 0 aliphatic heterocycles. The average molecular weight is 478 g/mol. The van der Waals surface area contributed by atoms with Crippen molar-refractivity contribution >= 4 is 46.0 Å². The maximum Gasteiger partial charge on any atom is 1.00 e. The number of nitrogens with zero attached hydrogens (tertiary/aromatic N) is 1. The zero-order valence-electron chi connectivity index (χ0n) is 14.1. The molecular formula is C18H14ClINNaOS. The van der Waals surface area contributed by atoms with Gasteiger partial charge in [0.1, 0.15) is 11.6 Å². The normalized spacial score (nSPS) is 10.1. The standard InChI is InChI=1S/C18H13ClINOS.Na.H/c19-16-10-15(23-14-7-2-1-3-8-14)11-21-18(16)22-12-13-6-4-5-9-17(13)20;;/h1-11H,12H2;;/q;+1;-1. The Morgan fingerprint density at radius 3 is 2.46 bits per heavy atom. The molecule has 1 aromatic heterocycles. The van der Waals surface area contributed by atoms with Crippen molar-refractivity contribution in [1.29, 1.82) is 0 Å². The number of benzene rings is 2. The van der Waals surface area contributed by atoms with Gasteiger partial charge in [0, 0.05) is 25.1 Å². The molecule has 118 valence electrons. The van der Waals surface area contributed by atoms with Crippen LogP contribution in [0.1, 0.15) is 6.99 Å². The molecule has 0 bridgehead atoms. The number of hydrogen-bond donors (Lipinski definition) is 0. The Labute approximate surface area is 188 Å². The number of pyridine rings is 1. The van der Waals surface area contributed by atoms with E-state index in [0.29, 0.717) is 17.5 Å². The van der Waals surface area contributed by atoms with Gasteiger partial charge in [-0.3, -0.25) is 0 Å². The van der Waals surface area contributed by atoms with Crippen molar-refractivity contribution in [1.82, 2.24) is 4.98 Å². The van der Waals surface area contributed by atoms with E-state index >= 15 is 0 Å². The fourth-order valence-corrected chi connectivity index (χ4v) is 3.63. The van der Waals surface area contributed by atoms with E-state index in [0.717, 1.165) is 18.9 Å². The Morgan fingerprint density at radius 2 is 1.75 bits per heavy atom. The molecule has 1 heterocycles. The third kappa shape index (κ3) is 5.64. The maximum atomic E-state index is 6.30. The Kier molecular flexibility index (Phi) is 8.40. The molecule has 0 fully saturated rings. The van der Waals surface area contributed by atoms with Crippen LogP contribution in [0.15, 0.2) is 76.7 Å². The van der Waals surface area contributed by atoms with Crippen LogP contribution in [0.25, 0.3) is 0 Å². The fraction of sp³-hybridized carbons (Fsp3) is 0.0556. The summed E-state index contributed by atoms with van der Waals surface area (Å²) in [6.45, 7) is 0.455. The first kappa shape index (κ1) is 20.1. The maximum absolute atomic E-state index is 6.30. The Hall–Kier alpha value is -0.240. The van der Waals surface area contributed by atoms with E-state index in [9.17, 15) is 0 Å². The fourth-order valence-electron chi connectivity index (χ4n) is 1.96. The van der Waals surface area contributed by atoms with Gasteiger partial charge in [-0.25, -0.2) is 4.98 Å². The van der Waals surface area contributed by atoms with E-state index < -0.39 is 0 Å². The van der Waals surface area contributed by atoms with Gasteiger partial charge in [-0.05, 0) is 46.9 Å². The molecule has 0 aliphatic carbocycles. The van der Waals surface area contributed by atoms with Crippen LogP contribution in [0, 0.1) is 3.57 Å². The molecule has 2 aromatic carbocycles. The summed E-state index contributed by atoms with van der Waals surface area (Å²) >= 11 is 10.2. The predicted molar refractivity (Wildman–Crippen MR) is 104 cm³/mol. The molecule has 0 atom stereocenters. The van der Waals surface area contributed by atoms with Crippen molar-refractivity contribution in [3.8, 4) is 5.88 Å². The molecule has 0 saturated carbocycles. The van der Waals surface area contributed by atoms with E-state index in [4.69, 9.17) is 16.3 Å². The van der Waals surface area contributed by atoms with Crippen LogP contribution in [-0.4, -0.2) is 4.98 Å². The molecule has 0 amide bonds. The van der Waals surface area contributed by atoms with Gasteiger partial charge in [0.05, 0.1) is 0 Å². The number of aromatic nitrogens is 1. The van der Waals surface area contributed by atoms with Gasteiger partial charge in [0.25, 0.3) is 0 Å². The largest absolute Gasteiger partial charge is 1.00 e. The molecule has 0 aliphatic rings. The van der Waals surface area contributed by atoms with Crippen molar-refractivity contribution in [2.24, 2.45) is 0 Å². The minimum Gasteiger partial charge on any atom is -1.00 e. The van der Waals surface area contributed by atoms with Crippen molar-refractivity contribution in [3.63, 3.8) is 0 Å². The van der Waals surface area contributed by atoms with Crippen LogP contribution in [0.4, 0.5) is 0 Å². The SMILES string of the molecule is Clc1cc(Sc2ccccc2)cnc1OCc1ccccc1I.[H-].[Na+]. The summed E-state index contributed by atoms with van der Waals surface area (Å²) in [6, 6.07) is 20.1. The van der Waals surface area contributed by atoms with Crippen LogP contribution in [-0.2, 0) is 6.61 Å². The van der Waals surface area contributed by atoms with Gasteiger partial charge in [-0.15, -0.1) is 0 Å². The van der Waals surface area contributed by atoms with Crippen LogP contribution >= 0.6 is 46.0 Å². The molecule has 0 N–H and O–H groups in total. The monoisotopic (exact) mass is 477 g/mol. The van der Waals surface area contributed by atoms with Gasteiger partial charge >= 0.3 is 29.6 Å². The summed E-state index contributed by atoms with van der Waals surface area (Å²) in [4.78, 5) is 6.48. The van der Waals surface area contributed by atoms with Gasteiger partial charge < -0.3 is 6.16 Å². The van der Waals surface area contributed by atoms with Crippen LogP contribution in [0.5, 0.6) is 5.88 Å². The predicted octanol–water partition coefficient (Wildman–Crippen LogP) is 3.19. The smallest absolute Gasteiger partial charge is 1.00 e. The summed E-state index contributed by atoms with van der Waals surface area (Å²) in [7, 11) is 0. The first-order chi connectivity index (χ1) is 11.2. The second-order valence-corrected chi connectivity index (χ2v) is 7.47. The number of rotatable bonds is 5. The molecule has 0 radical (unpaired) electrons. The molecule has 0 spiro atoms. The number of ether oxygens (including phenoxy) is 1. The van der Waals surface area contributed by atoms with E-state index in [1.54, 1.807) is 18.0 Å². The molecule has 3 rings (SSSR count). The first-order valence-electron chi connectivity index (χ1n) is 6.97. The summed E-state index contributed by atoms with van der Waals surface area (Å²) in [5, 5.41) is 0.525. The minimum absolute atomic E-state index is 0. The minimum atomic E-state index is 0. The van der Waals surface area contributed by atoms with Crippen LogP contribution in [0.2, 0.25) is 5.02 Å². The molecule has 6 heteroatoms. The molecular weight excluding hydrogens is 464 g/mol. The third-order valence-electron chi connectivity index (χ3n) is 3.08. The number of hydrogen-bond acceptors (Lipinski definition) is 3. The Balaban J connectivity index is 0.00000156. The first-order valence-corrected chi connectivity index (χ1v) is 9.24. The molecule has 2 nitrogen and oxygen atoms in total. The molecule has 0 saturated heterocycles. The van der Waals surface area contributed by atoms with Gasteiger partial charge in [-0.2, -0.15) is 0 Å². The Bertz CT molecular complexity index is 810. The second kappa shape index (κ2) is 10.0. The number of halogens is 2. The van der Waals surface area contributed by atoms with E-state index in [1.807, 2.05) is 48.5 Å². The van der Waals surface area contributed by atoms with E-state index in [-0.39, 0.29) is 31.0 Å². The van der Waals surface area contributed by atoms with Crippen molar-refractivity contribution < 1.29 is 35.7 Å². The summed E-state index contributed by atoms with van der Waals surface area (Å²) in [5.41, 5.74) is 1.12. The van der Waals surface area contributed by atoms with E-state index in [2.05, 4.69) is 39.7 Å². The molecule has 3 aromatic rings. The van der Waals surface area contributed by atoms with Gasteiger partial charge in [0.15, 0.2) is 0 Å². The van der Waals surface area contributed by atoms with Crippen molar-refractivity contribution in [2.45, 2.75) is 16.4 Å². The topological polar surface area (TPSA) is 22.1 Å². The zero-order valence-corrected chi connectivity index (χ0v) is 18.8.